The number of piperazine rings is 1. The van der Waals surface area contributed by atoms with Gasteiger partial charge in [0.05, 0.1) is 4.90 Å². The van der Waals surface area contributed by atoms with Crippen LogP contribution in [0, 0.1) is 0 Å². The Morgan fingerprint density at radius 2 is 1.48 bits per heavy atom. The van der Waals surface area contributed by atoms with Gasteiger partial charge >= 0.3 is 0 Å². The van der Waals surface area contributed by atoms with Crippen molar-refractivity contribution in [3.8, 4) is 5.75 Å². The molecule has 0 bridgehead atoms. The van der Waals surface area contributed by atoms with Crippen LogP contribution in [0.2, 0.25) is 0 Å². The SMILES string of the molecule is CC(C)c1ccc(S(=O)(=O)N2CCN(C(=O)[C@H](C)Oc3ccccc3)CC2)cc1. The molecule has 0 spiro atoms. The van der Waals surface area contributed by atoms with Gasteiger partial charge in [0.2, 0.25) is 10.0 Å². The molecular formula is C22H28N2O4S. The molecule has 0 saturated carbocycles. The van der Waals surface area contributed by atoms with Crippen LogP contribution in [-0.4, -0.2) is 55.8 Å². The van der Waals surface area contributed by atoms with Crippen LogP contribution in [0.15, 0.2) is 59.5 Å². The number of carbonyl (C=O) groups is 1. The lowest BCUT2D eigenvalue weighted by Crippen LogP contribution is -2.53. The van der Waals surface area contributed by atoms with Gasteiger partial charge < -0.3 is 9.64 Å². The van der Waals surface area contributed by atoms with Crippen LogP contribution in [0.4, 0.5) is 0 Å². The minimum Gasteiger partial charge on any atom is -0.481 e. The fourth-order valence-corrected chi connectivity index (χ4v) is 4.76. The normalized spacial score (nSPS) is 16.6. The maximum absolute atomic E-state index is 12.9. The third-order valence-corrected chi connectivity index (χ3v) is 7.05. The van der Waals surface area contributed by atoms with Gasteiger partial charge in [-0.2, -0.15) is 4.31 Å². The van der Waals surface area contributed by atoms with Gasteiger partial charge in [0.15, 0.2) is 6.10 Å². The van der Waals surface area contributed by atoms with E-state index in [1.807, 2.05) is 30.3 Å². The van der Waals surface area contributed by atoms with Gasteiger partial charge in [0, 0.05) is 26.2 Å². The lowest BCUT2D eigenvalue weighted by atomic mass is 10.0. The third kappa shape index (κ3) is 4.97. The summed E-state index contributed by atoms with van der Waals surface area (Å²) >= 11 is 0. The highest BCUT2D eigenvalue weighted by Crippen LogP contribution is 2.21. The van der Waals surface area contributed by atoms with Crippen LogP contribution in [0.5, 0.6) is 5.75 Å². The van der Waals surface area contributed by atoms with Crippen LogP contribution in [0.1, 0.15) is 32.3 Å². The highest BCUT2D eigenvalue weighted by molar-refractivity contribution is 7.89. The molecule has 1 atom stereocenters. The standard InChI is InChI=1S/C22H28N2O4S/c1-17(2)19-9-11-21(12-10-19)29(26,27)24-15-13-23(14-16-24)22(25)18(3)28-20-7-5-4-6-8-20/h4-12,17-18H,13-16H2,1-3H3/t18-/m0/s1. The van der Waals surface area contributed by atoms with Crippen LogP contribution in [0.3, 0.4) is 0 Å². The smallest absolute Gasteiger partial charge is 0.263 e. The van der Waals surface area contributed by atoms with Crippen molar-refractivity contribution >= 4 is 15.9 Å². The number of carbonyl (C=O) groups excluding carboxylic acids is 1. The number of rotatable bonds is 6. The molecule has 0 aliphatic carbocycles. The number of benzene rings is 2. The number of hydrogen-bond donors (Lipinski definition) is 0. The van der Waals surface area contributed by atoms with Crippen molar-refractivity contribution in [1.82, 2.24) is 9.21 Å². The molecule has 1 aliphatic heterocycles. The zero-order valence-corrected chi connectivity index (χ0v) is 17.9. The molecule has 6 nitrogen and oxygen atoms in total. The fourth-order valence-electron chi connectivity index (χ4n) is 3.33. The molecule has 1 fully saturated rings. The summed E-state index contributed by atoms with van der Waals surface area (Å²) in [5.41, 5.74) is 1.10. The molecule has 0 radical (unpaired) electrons. The Morgan fingerprint density at radius 3 is 2.03 bits per heavy atom. The number of hydrogen-bond acceptors (Lipinski definition) is 4. The van der Waals surface area contributed by atoms with Crippen molar-refractivity contribution < 1.29 is 17.9 Å². The van der Waals surface area contributed by atoms with Gasteiger partial charge in [-0.3, -0.25) is 4.79 Å². The van der Waals surface area contributed by atoms with Gasteiger partial charge in [-0.1, -0.05) is 44.2 Å². The number of sulfonamides is 1. The summed E-state index contributed by atoms with van der Waals surface area (Å²) in [6, 6.07) is 16.2. The molecule has 2 aromatic carbocycles. The molecule has 29 heavy (non-hydrogen) atoms. The second kappa shape index (κ2) is 8.97. The highest BCUT2D eigenvalue weighted by atomic mass is 32.2. The zero-order chi connectivity index (χ0) is 21.0. The summed E-state index contributed by atoms with van der Waals surface area (Å²) in [6.45, 7) is 7.12. The van der Waals surface area contributed by atoms with Gasteiger partial charge in [-0.25, -0.2) is 8.42 Å². The molecule has 1 heterocycles. The summed E-state index contributed by atoms with van der Waals surface area (Å²) in [6.07, 6.45) is -0.621. The summed E-state index contributed by atoms with van der Waals surface area (Å²) in [4.78, 5) is 14.6. The Hall–Kier alpha value is -2.38. The number of ether oxygens (including phenoxy) is 1. The molecule has 1 saturated heterocycles. The fraction of sp³-hybridized carbons (Fsp3) is 0.409. The second-order valence-electron chi connectivity index (χ2n) is 7.53. The molecule has 0 N–H and O–H groups in total. The molecule has 0 unspecified atom stereocenters. The van der Waals surface area contributed by atoms with Crippen molar-refractivity contribution in [3.05, 3.63) is 60.2 Å². The quantitative estimate of drug-likeness (QED) is 0.726. The Labute approximate surface area is 173 Å². The maximum atomic E-state index is 12.9. The molecule has 3 rings (SSSR count). The largest absolute Gasteiger partial charge is 0.481 e. The van der Waals surface area contributed by atoms with Crippen molar-refractivity contribution in [2.24, 2.45) is 0 Å². The van der Waals surface area contributed by atoms with Gasteiger partial charge in [0.1, 0.15) is 5.75 Å². The first kappa shape index (κ1) is 21.3. The average Bonchev–Trinajstić information content (AvgIpc) is 2.74. The van der Waals surface area contributed by atoms with Crippen LogP contribution in [0.25, 0.3) is 0 Å². The van der Waals surface area contributed by atoms with Crippen molar-refractivity contribution in [3.63, 3.8) is 0 Å². The average molecular weight is 417 g/mol. The van der Waals surface area contributed by atoms with Gasteiger partial charge in [-0.05, 0) is 42.7 Å². The van der Waals surface area contributed by atoms with E-state index < -0.39 is 16.1 Å². The van der Waals surface area contributed by atoms with E-state index in [9.17, 15) is 13.2 Å². The molecule has 156 valence electrons. The Morgan fingerprint density at radius 1 is 0.897 bits per heavy atom. The van der Waals surface area contributed by atoms with E-state index in [0.29, 0.717) is 29.7 Å². The molecule has 0 aromatic heterocycles. The van der Waals surface area contributed by atoms with E-state index in [1.165, 1.54) is 4.31 Å². The highest BCUT2D eigenvalue weighted by Gasteiger charge is 2.32. The Bertz CT molecular complexity index is 919. The minimum atomic E-state index is -3.56. The first-order valence-corrected chi connectivity index (χ1v) is 11.3. The van der Waals surface area contributed by atoms with Crippen molar-refractivity contribution in [1.29, 1.82) is 0 Å². The number of nitrogens with zero attached hydrogens (tertiary/aromatic N) is 2. The predicted molar refractivity (Wildman–Crippen MR) is 112 cm³/mol. The predicted octanol–water partition coefficient (Wildman–Crippen LogP) is 3.11. The first-order valence-electron chi connectivity index (χ1n) is 9.89. The first-order chi connectivity index (χ1) is 13.8. The van der Waals surface area contributed by atoms with E-state index in [1.54, 1.807) is 36.1 Å². The van der Waals surface area contributed by atoms with Gasteiger partial charge in [-0.15, -0.1) is 0 Å². The van der Waals surface area contributed by atoms with E-state index >= 15 is 0 Å². The molecule has 7 heteroatoms. The monoisotopic (exact) mass is 416 g/mol. The molecule has 1 aliphatic rings. The van der Waals surface area contributed by atoms with Crippen LogP contribution in [-0.2, 0) is 14.8 Å². The molecule has 1 amide bonds. The van der Waals surface area contributed by atoms with Crippen molar-refractivity contribution in [2.45, 2.75) is 37.7 Å². The summed E-state index contributed by atoms with van der Waals surface area (Å²) in [5, 5.41) is 0. The van der Waals surface area contributed by atoms with E-state index in [-0.39, 0.29) is 19.0 Å². The van der Waals surface area contributed by atoms with E-state index in [4.69, 9.17) is 4.74 Å². The lowest BCUT2D eigenvalue weighted by Gasteiger charge is -2.35. The van der Waals surface area contributed by atoms with Crippen molar-refractivity contribution in [2.75, 3.05) is 26.2 Å². The zero-order valence-electron chi connectivity index (χ0n) is 17.1. The molecular weight excluding hydrogens is 388 g/mol. The maximum Gasteiger partial charge on any atom is 0.263 e. The number of para-hydroxylation sites is 1. The van der Waals surface area contributed by atoms with Gasteiger partial charge in [0.25, 0.3) is 5.91 Å². The Balaban J connectivity index is 1.59. The van der Waals surface area contributed by atoms with E-state index in [2.05, 4.69) is 13.8 Å². The second-order valence-corrected chi connectivity index (χ2v) is 9.46. The van der Waals surface area contributed by atoms with Crippen LogP contribution < -0.4 is 4.74 Å². The summed E-state index contributed by atoms with van der Waals surface area (Å²) < 4.78 is 33.0. The topological polar surface area (TPSA) is 66.9 Å². The minimum absolute atomic E-state index is 0.132. The number of amides is 1. The summed E-state index contributed by atoms with van der Waals surface area (Å²) in [5.74, 6) is 0.855. The summed E-state index contributed by atoms with van der Waals surface area (Å²) in [7, 11) is -3.56. The van der Waals surface area contributed by atoms with Crippen LogP contribution >= 0.6 is 0 Å². The lowest BCUT2D eigenvalue weighted by molar-refractivity contribution is -0.139. The Kier molecular flexibility index (Phi) is 6.59. The third-order valence-electron chi connectivity index (χ3n) is 5.14. The molecule has 2 aromatic rings. The van der Waals surface area contributed by atoms with E-state index in [0.717, 1.165) is 5.56 Å².